The maximum atomic E-state index is 13.2. The highest BCUT2D eigenvalue weighted by molar-refractivity contribution is 9.10. The lowest BCUT2D eigenvalue weighted by atomic mass is 10.2. The van der Waals surface area contributed by atoms with Crippen LogP contribution in [-0.4, -0.2) is 22.3 Å². The van der Waals surface area contributed by atoms with Crippen molar-refractivity contribution in [2.75, 3.05) is 6.54 Å². The molecule has 1 aromatic carbocycles. The summed E-state index contributed by atoms with van der Waals surface area (Å²) in [6.07, 6.45) is 1.58. The molecule has 0 N–H and O–H groups in total. The molecule has 20 heavy (non-hydrogen) atoms. The number of halogens is 2. The van der Waals surface area contributed by atoms with Gasteiger partial charge in [-0.2, -0.15) is 0 Å². The Morgan fingerprint density at radius 1 is 1.35 bits per heavy atom. The second-order valence-corrected chi connectivity index (χ2v) is 5.14. The molecule has 2 rings (SSSR count). The van der Waals surface area contributed by atoms with Crippen LogP contribution in [0.15, 0.2) is 47.1 Å². The predicted molar refractivity (Wildman–Crippen MR) is 78.8 cm³/mol. The predicted octanol–water partition coefficient (Wildman–Crippen LogP) is 3.65. The molecule has 0 aliphatic carbocycles. The van der Waals surface area contributed by atoms with E-state index in [0.717, 1.165) is 5.56 Å². The molecule has 0 spiro atoms. The fraction of sp³-hybridized carbons (Fsp3) is 0.200. The molecule has 2 aromatic rings. The molecule has 0 fully saturated rings. The number of benzene rings is 1. The van der Waals surface area contributed by atoms with Crippen LogP contribution in [-0.2, 0) is 6.54 Å². The van der Waals surface area contributed by atoms with E-state index in [0.29, 0.717) is 23.3 Å². The molecule has 0 saturated heterocycles. The van der Waals surface area contributed by atoms with Crippen LogP contribution in [0.2, 0.25) is 0 Å². The zero-order valence-electron chi connectivity index (χ0n) is 11.0. The zero-order chi connectivity index (χ0) is 14.5. The van der Waals surface area contributed by atoms with E-state index in [1.165, 1.54) is 12.1 Å². The highest BCUT2D eigenvalue weighted by Crippen LogP contribution is 2.17. The molecular weight excluding hydrogens is 323 g/mol. The van der Waals surface area contributed by atoms with Crippen molar-refractivity contribution in [1.29, 1.82) is 0 Å². The normalized spacial score (nSPS) is 10.3. The van der Waals surface area contributed by atoms with Gasteiger partial charge in [0.2, 0.25) is 0 Å². The molecule has 0 aliphatic heterocycles. The number of nitrogens with zero attached hydrogens (tertiary/aromatic N) is 2. The van der Waals surface area contributed by atoms with Gasteiger partial charge in [-0.1, -0.05) is 12.1 Å². The number of hydrogen-bond donors (Lipinski definition) is 0. The summed E-state index contributed by atoms with van der Waals surface area (Å²) in [4.78, 5) is 18.1. The summed E-state index contributed by atoms with van der Waals surface area (Å²) in [6, 6.07) is 9.78. The van der Waals surface area contributed by atoms with Crippen molar-refractivity contribution in [3.63, 3.8) is 0 Å². The Bertz CT molecular complexity index is 618. The average Bonchev–Trinajstić information content (AvgIpc) is 2.44. The van der Waals surface area contributed by atoms with Crippen molar-refractivity contribution in [2.24, 2.45) is 0 Å². The molecule has 0 saturated carbocycles. The monoisotopic (exact) mass is 336 g/mol. The molecule has 3 nitrogen and oxygen atoms in total. The molecule has 1 amide bonds. The van der Waals surface area contributed by atoms with Crippen LogP contribution in [0.5, 0.6) is 0 Å². The van der Waals surface area contributed by atoms with Gasteiger partial charge in [0, 0.05) is 23.8 Å². The van der Waals surface area contributed by atoms with Crippen LogP contribution in [0.25, 0.3) is 0 Å². The Kier molecular flexibility index (Phi) is 4.84. The minimum Gasteiger partial charge on any atom is -0.333 e. The molecule has 104 valence electrons. The van der Waals surface area contributed by atoms with Gasteiger partial charge in [0.25, 0.3) is 5.91 Å². The summed E-state index contributed by atoms with van der Waals surface area (Å²) in [7, 11) is 0. The average molecular weight is 337 g/mol. The van der Waals surface area contributed by atoms with Crippen molar-refractivity contribution < 1.29 is 9.18 Å². The van der Waals surface area contributed by atoms with Gasteiger partial charge in [-0.05, 0) is 52.7 Å². The van der Waals surface area contributed by atoms with Crippen LogP contribution >= 0.6 is 15.9 Å². The molecular formula is C15H14BrFN2O. The summed E-state index contributed by atoms with van der Waals surface area (Å²) >= 11 is 3.32. The highest BCUT2D eigenvalue weighted by atomic mass is 79.9. The van der Waals surface area contributed by atoms with Crippen LogP contribution in [0.1, 0.15) is 23.0 Å². The maximum Gasteiger partial charge on any atom is 0.273 e. The van der Waals surface area contributed by atoms with E-state index in [-0.39, 0.29) is 11.7 Å². The second-order valence-electron chi connectivity index (χ2n) is 4.28. The number of pyridine rings is 1. The van der Waals surface area contributed by atoms with Gasteiger partial charge in [0.05, 0.1) is 0 Å². The van der Waals surface area contributed by atoms with Crippen LogP contribution in [0.4, 0.5) is 4.39 Å². The Balaban J connectivity index is 2.20. The van der Waals surface area contributed by atoms with Crippen LogP contribution < -0.4 is 0 Å². The third kappa shape index (κ3) is 3.42. The summed E-state index contributed by atoms with van der Waals surface area (Å²) in [5.74, 6) is -0.478. The lowest BCUT2D eigenvalue weighted by molar-refractivity contribution is 0.0745. The summed E-state index contributed by atoms with van der Waals surface area (Å²) in [5, 5.41) is 0. The number of rotatable bonds is 4. The largest absolute Gasteiger partial charge is 0.333 e. The number of carbonyl (C=O) groups is 1. The van der Waals surface area contributed by atoms with E-state index in [9.17, 15) is 9.18 Å². The van der Waals surface area contributed by atoms with Crippen molar-refractivity contribution in [3.05, 3.63) is 64.1 Å². The maximum absolute atomic E-state index is 13.2. The fourth-order valence-electron chi connectivity index (χ4n) is 1.88. The minimum atomic E-state index is -0.301. The van der Waals surface area contributed by atoms with E-state index in [2.05, 4.69) is 20.9 Å². The molecule has 0 unspecified atom stereocenters. The third-order valence-corrected chi connectivity index (χ3v) is 3.53. The molecule has 0 bridgehead atoms. The summed E-state index contributed by atoms with van der Waals surface area (Å²) in [5.41, 5.74) is 1.12. The van der Waals surface area contributed by atoms with E-state index >= 15 is 0 Å². The first-order valence-electron chi connectivity index (χ1n) is 6.26. The fourth-order valence-corrected chi connectivity index (χ4v) is 2.30. The molecule has 0 aliphatic rings. The van der Waals surface area contributed by atoms with Gasteiger partial charge in [0.15, 0.2) is 0 Å². The van der Waals surface area contributed by atoms with E-state index < -0.39 is 0 Å². The zero-order valence-corrected chi connectivity index (χ0v) is 12.6. The quantitative estimate of drug-likeness (QED) is 0.853. The minimum absolute atomic E-state index is 0.177. The number of hydrogen-bond acceptors (Lipinski definition) is 2. The van der Waals surface area contributed by atoms with Gasteiger partial charge >= 0.3 is 0 Å². The van der Waals surface area contributed by atoms with Crippen molar-refractivity contribution >= 4 is 21.8 Å². The molecule has 0 atom stereocenters. The van der Waals surface area contributed by atoms with Gasteiger partial charge in [-0.15, -0.1) is 0 Å². The van der Waals surface area contributed by atoms with Crippen molar-refractivity contribution in [2.45, 2.75) is 13.5 Å². The number of carbonyl (C=O) groups excluding carboxylic acids is 1. The van der Waals surface area contributed by atoms with E-state index in [1.54, 1.807) is 35.4 Å². The Morgan fingerprint density at radius 2 is 2.15 bits per heavy atom. The first kappa shape index (κ1) is 14.7. The summed E-state index contributed by atoms with van der Waals surface area (Å²) in [6.45, 7) is 2.77. The number of amides is 1. The lowest BCUT2D eigenvalue weighted by Crippen LogP contribution is -2.31. The first-order valence-corrected chi connectivity index (χ1v) is 7.05. The van der Waals surface area contributed by atoms with Crippen molar-refractivity contribution in [3.8, 4) is 0 Å². The lowest BCUT2D eigenvalue weighted by Gasteiger charge is -2.21. The molecule has 1 heterocycles. The summed E-state index contributed by atoms with van der Waals surface area (Å²) < 4.78 is 13.8. The SMILES string of the molecule is CCN(Cc1cccc(F)c1)C(=O)c1ncccc1Br. The van der Waals surface area contributed by atoms with Gasteiger partial charge in [-0.3, -0.25) is 4.79 Å². The van der Waals surface area contributed by atoms with E-state index in [4.69, 9.17) is 0 Å². The highest BCUT2D eigenvalue weighted by Gasteiger charge is 2.18. The Morgan fingerprint density at radius 3 is 2.80 bits per heavy atom. The van der Waals surface area contributed by atoms with Gasteiger partial charge in [-0.25, -0.2) is 9.37 Å². The standard InChI is InChI=1S/C15H14BrFN2O/c1-2-19(10-11-5-3-6-12(17)9-11)15(20)14-13(16)7-4-8-18-14/h3-9H,2,10H2,1H3. The van der Waals surface area contributed by atoms with Crippen LogP contribution in [0, 0.1) is 5.82 Å². The number of aromatic nitrogens is 1. The van der Waals surface area contributed by atoms with E-state index in [1.807, 2.05) is 6.92 Å². The van der Waals surface area contributed by atoms with Gasteiger partial charge in [0.1, 0.15) is 11.5 Å². The smallest absolute Gasteiger partial charge is 0.273 e. The molecule has 5 heteroatoms. The topological polar surface area (TPSA) is 33.2 Å². The third-order valence-electron chi connectivity index (χ3n) is 2.89. The second kappa shape index (κ2) is 6.61. The van der Waals surface area contributed by atoms with Gasteiger partial charge < -0.3 is 4.90 Å². The Hall–Kier alpha value is -1.75. The molecule has 0 radical (unpaired) electrons. The van der Waals surface area contributed by atoms with Crippen molar-refractivity contribution in [1.82, 2.24) is 9.88 Å². The van der Waals surface area contributed by atoms with Crippen LogP contribution in [0.3, 0.4) is 0 Å². The Labute approximate surface area is 125 Å². The molecule has 1 aromatic heterocycles. The first-order chi connectivity index (χ1) is 9.61.